The van der Waals surface area contributed by atoms with Crippen molar-refractivity contribution in [2.75, 3.05) is 0 Å². The molecular formula is C11H9ClF3NO3S. The van der Waals surface area contributed by atoms with Crippen LogP contribution in [0.2, 0.25) is 0 Å². The fraction of sp³-hybridized carbons (Fsp3) is 0.364. The molecule has 0 aliphatic carbocycles. The van der Waals surface area contributed by atoms with Crippen LogP contribution in [0.4, 0.5) is 13.2 Å². The predicted octanol–water partition coefficient (Wildman–Crippen LogP) is 2.64. The van der Waals surface area contributed by atoms with E-state index in [9.17, 15) is 26.4 Å². The van der Waals surface area contributed by atoms with E-state index >= 15 is 0 Å². The topological polar surface area (TPSA) is 54.5 Å². The fourth-order valence-corrected chi connectivity index (χ4v) is 3.88. The molecule has 1 atom stereocenters. The number of halogens is 4. The maximum atomic E-state index is 12.7. The lowest BCUT2D eigenvalue weighted by atomic mass is 9.81. The number of nitrogens with zero attached hydrogens (tertiary/aromatic N) is 1. The van der Waals surface area contributed by atoms with Gasteiger partial charge in [-0.05, 0) is 24.6 Å². The summed E-state index contributed by atoms with van der Waals surface area (Å²) in [4.78, 5) is 11.4. The first-order chi connectivity index (χ1) is 8.96. The average Bonchev–Trinajstić information content (AvgIpc) is 2.24. The molecule has 2 rings (SSSR count). The second-order valence-electron chi connectivity index (χ2n) is 4.63. The van der Waals surface area contributed by atoms with Crippen molar-refractivity contribution < 1.29 is 26.4 Å². The van der Waals surface area contributed by atoms with Crippen LogP contribution in [-0.2, 0) is 25.7 Å². The van der Waals surface area contributed by atoms with Gasteiger partial charge in [0, 0.05) is 10.7 Å². The van der Waals surface area contributed by atoms with Gasteiger partial charge in [0.05, 0.1) is 17.5 Å². The van der Waals surface area contributed by atoms with E-state index in [-0.39, 0.29) is 12.0 Å². The molecule has 110 valence electrons. The van der Waals surface area contributed by atoms with Gasteiger partial charge in [-0.15, -0.1) is 0 Å². The normalized spacial score (nSPS) is 23.6. The van der Waals surface area contributed by atoms with Crippen molar-refractivity contribution in [2.45, 2.75) is 25.1 Å². The maximum absolute atomic E-state index is 12.7. The van der Waals surface area contributed by atoms with Crippen LogP contribution in [0.5, 0.6) is 0 Å². The molecular weight excluding hydrogens is 319 g/mol. The second kappa shape index (κ2) is 4.36. The minimum atomic E-state index is -4.55. The highest BCUT2D eigenvalue weighted by Crippen LogP contribution is 2.45. The quantitative estimate of drug-likeness (QED) is 0.620. The summed E-state index contributed by atoms with van der Waals surface area (Å²) in [5.74, 6) is -0.750. The number of benzene rings is 1. The van der Waals surface area contributed by atoms with Gasteiger partial charge in [0.1, 0.15) is 0 Å². The summed E-state index contributed by atoms with van der Waals surface area (Å²) in [7, 11) is 0.804. The Bertz CT molecular complexity index is 674. The number of hydrogen-bond donors (Lipinski definition) is 0. The molecule has 0 radical (unpaired) electrons. The Kier molecular flexibility index (Phi) is 3.29. The summed E-state index contributed by atoms with van der Waals surface area (Å²) in [6.45, 7) is 1.35. The van der Waals surface area contributed by atoms with Crippen molar-refractivity contribution in [2.24, 2.45) is 0 Å². The third-order valence-electron chi connectivity index (χ3n) is 3.20. The first-order valence-electron chi connectivity index (χ1n) is 5.42. The standard InChI is InChI=1S/C11H9ClF3NO3S/c1-10(6-9(17)16(10)20(12,18)19)7-3-2-4-8(5-7)11(13,14)15/h2-5H,6H2,1H3. The largest absolute Gasteiger partial charge is 0.416 e. The Morgan fingerprint density at radius 3 is 2.40 bits per heavy atom. The molecule has 0 N–H and O–H groups in total. The minimum absolute atomic E-state index is 0.0659. The number of hydrogen-bond acceptors (Lipinski definition) is 3. The maximum Gasteiger partial charge on any atom is 0.416 e. The van der Waals surface area contributed by atoms with E-state index < -0.39 is 32.4 Å². The zero-order valence-corrected chi connectivity index (χ0v) is 11.7. The summed E-state index contributed by atoms with van der Waals surface area (Å²) >= 11 is 0. The summed E-state index contributed by atoms with van der Waals surface area (Å²) in [5, 5.41) is 0. The Morgan fingerprint density at radius 1 is 1.35 bits per heavy atom. The minimum Gasteiger partial charge on any atom is -0.274 e. The second-order valence-corrected chi connectivity index (χ2v) is 6.99. The molecule has 0 aromatic heterocycles. The lowest BCUT2D eigenvalue weighted by molar-refractivity contribution is -0.144. The number of carbonyl (C=O) groups is 1. The summed E-state index contributed by atoms with van der Waals surface area (Å²) < 4.78 is 61.1. The van der Waals surface area contributed by atoms with Crippen LogP contribution >= 0.6 is 10.7 Å². The van der Waals surface area contributed by atoms with Gasteiger partial charge in [0.25, 0.3) is 0 Å². The lowest BCUT2D eigenvalue weighted by Gasteiger charge is -2.47. The molecule has 1 amide bonds. The molecule has 20 heavy (non-hydrogen) atoms. The van der Waals surface area contributed by atoms with Gasteiger partial charge in [0.2, 0.25) is 5.91 Å². The molecule has 1 aromatic carbocycles. The molecule has 1 saturated heterocycles. The van der Waals surface area contributed by atoms with Crippen LogP contribution in [0.1, 0.15) is 24.5 Å². The highest BCUT2D eigenvalue weighted by molar-refractivity contribution is 8.12. The summed E-state index contributed by atoms with van der Waals surface area (Å²) in [5.41, 5.74) is -2.24. The molecule has 0 bridgehead atoms. The number of rotatable bonds is 2. The number of alkyl halides is 3. The van der Waals surface area contributed by atoms with E-state index in [0.29, 0.717) is 4.31 Å². The SMILES string of the molecule is CC1(c2cccc(C(F)(F)F)c2)CC(=O)N1S(=O)(=O)Cl. The third-order valence-corrected chi connectivity index (χ3v) is 4.66. The fourth-order valence-electron chi connectivity index (χ4n) is 2.23. The van der Waals surface area contributed by atoms with Gasteiger partial charge in [-0.2, -0.15) is 21.6 Å². The van der Waals surface area contributed by atoms with Crippen molar-refractivity contribution in [3.63, 3.8) is 0 Å². The van der Waals surface area contributed by atoms with Crippen molar-refractivity contribution in [3.8, 4) is 0 Å². The van der Waals surface area contributed by atoms with E-state index in [0.717, 1.165) is 18.2 Å². The van der Waals surface area contributed by atoms with Crippen molar-refractivity contribution in [3.05, 3.63) is 35.4 Å². The van der Waals surface area contributed by atoms with E-state index in [2.05, 4.69) is 0 Å². The lowest BCUT2D eigenvalue weighted by Crippen LogP contribution is -2.60. The van der Waals surface area contributed by atoms with Gasteiger partial charge in [-0.3, -0.25) is 4.79 Å². The monoisotopic (exact) mass is 327 g/mol. The molecule has 0 spiro atoms. The molecule has 1 heterocycles. The molecule has 1 unspecified atom stereocenters. The molecule has 4 nitrogen and oxygen atoms in total. The van der Waals surface area contributed by atoms with Crippen molar-refractivity contribution in [1.29, 1.82) is 0 Å². The van der Waals surface area contributed by atoms with Crippen LogP contribution < -0.4 is 0 Å². The van der Waals surface area contributed by atoms with Gasteiger partial charge in [-0.1, -0.05) is 12.1 Å². The Balaban J connectivity index is 2.49. The molecule has 1 aromatic rings. The van der Waals surface area contributed by atoms with E-state index in [4.69, 9.17) is 10.7 Å². The van der Waals surface area contributed by atoms with Crippen LogP contribution in [0.25, 0.3) is 0 Å². The smallest absolute Gasteiger partial charge is 0.274 e. The Morgan fingerprint density at radius 2 is 1.95 bits per heavy atom. The Labute approximate surface area is 117 Å². The number of β-lactam (4-membered cyclic amide) rings is 1. The zero-order valence-electron chi connectivity index (χ0n) is 10.1. The van der Waals surface area contributed by atoms with Crippen molar-refractivity contribution in [1.82, 2.24) is 4.31 Å². The molecule has 1 fully saturated rings. The summed E-state index contributed by atoms with van der Waals surface area (Å²) in [6, 6.07) is 4.18. The Hall–Kier alpha value is -1.28. The van der Waals surface area contributed by atoms with E-state index in [1.807, 2.05) is 0 Å². The van der Waals surface area contributed by atoms with Gasteiger partial charge in [0.15, 0.2) is 0 Å². The molecule has 9 heteroatoms. The predicted molar refractivity (Wildman–Crippen MR) is 65.0 cm³/mol. The summed E-state index contributed by atoms with van der Waals surface area (Å²) in [6.07, 6.45) is -4.77. The molecule has 0 saturated carbocycles. The van der Waals surface area contributed by atoms with Gasteiger partial charge >= 0.3 is 15.4 Å². The molecule has 1 aliphatic rings. The van der Waals surface area contributed by atoms with E-state index in [1.54, 1.807) is 0 Å². The highest BCUT2D eigenvalue weighted by Gasteiger charge is 2.54. The van der Waals surface area contributed by atoms with E-state index in [1.165, 1.54) is 13.0 Å². The van der Waals surface area contributed by atoms with Crippen LogP contribution in [-0.4, -0.2) is 18.6 Å². The number of amides is 1. The zero-order chi connectivity index (χ0) is 15.3. The third kappa shape index (κ3) is 2.37. The van der Waals surface area contributed by atoms with Crippen LogP contribution in [0.3, 0.4) is 0 Å². The average molecular weight is 328 g/mol. The molecule has 1 aliphatic heterocycles. The van der Waals surface area contributed by atoms with Crippen LogP contribution in [0.15, 0.2) is 24.3 Å². The number of carbonyl (C=O) groups excluding carboxylic acids is 1. The highest BCUT2D eigenvalue weighted by atomic mass is 35.7. The van der Waals surface area contributed by atoms with Gasteiger partial charge < -0.3 is 0 Å². The first-order valence-corrected chi connectivity index (χ1v) is 7.68. The van der Waals surface area contributed by atoms with Gasteiger partial charge in [-0.25, -0.2) is 4.31 Å². The van der Waals surface area contributed by atoms with Crippen molar-refractivity contribution >= 4 is 25.8 Å². The van der Waals surface area contributed by atoms with Crippen LogP contribution in [0, 0.1) is 0 Å². The first kappa shape index (κ1) is 15.1.